The first-order valence-electron chi connectivity index (χ1n) is 10.1. The average Bonchev–Trinajstić information content (AvgIpc) is 3.04. The third-order valence-corrected chi connectivity index (χ3v) is 7.73. The molecule has 1 aromatic heterocycles. The van der Waals surface area contributed by atoms with Gasteiger partial charge in [0, 0.05) is 25.7 Å². The van der Waals surface area contributed by atoms with Crippen molar-refractivity contribution in [1.29, 1.82) is 0 Å². The van der Waals surface area contributed by atoms with Gasteiger partial charge in [-0.2, -0.15) is 0 Å². The fraction of sp³-hybridized carbons (Fsp3) is 0.409. The first-order valence-corrected chi connectivity index (χ1v) is 11.7. The maximum absolute atomic E-state index is 12.8. The number of likely N-dealkylation sites (tertiary alicyclic amines) is 1. The SMILES string of the molecule is Cc1ccc(C)c(S(=O)(=O)CCN2CCC(n3c(=O)[nH]c4ccccc43)CC2)c1. The number of aromatic nitrogens is 2. The predicted octanol–water partition coefficient (Wildman–Crippen LogP) is 3.06. The Bertz CT molecular complexity index is 1190. The van der Waals surface area contributed by atoms with Gasteiger partial charge in [-0.3, -0.25) is 4.57 Å². The number of para-hydroxylation sites is 2. The molecule has 6 nitrogen and oxygen atoms in total. The highest BCUT2D eigenvalue weighted by Gasteiger charge is 2.25. The molecule has 3 aromatic rings. The minimum absolute atomic E-state index is 0.0675. The third kappa shape index (κ3) is 4.02. The molecule has 1 aliphatic rings. The van der Waals surface area contributed by atoms with Gasteiger partial charge >= 0.3 is 5.69 Å². The van der Waals surface area contributed by atoms with Gasteiger partial charge in [0.2, 0.25) is 0 Å². The molecular weight excluding hydrogens is 386 g/mol. The van der Waals surface area contributed by atoms with Gasteiger partial charge < -0.3 is 9.88 Å². The standard InChI is InChI=1S/C22H27N3O3S/c1-16-7-8-17(2)21(15-16)29(27,28)14-13-24-11-9-18(10-12-24)25-20-6-4-3-5-19(20)23-22(25)26/h3-8,15,18H,9-14H2,1-2H3,(H,23,26). The number of hydrogen-bond donors (Lipinski definition) is 1. The lowest BCUT2D eigenvalue weighted by molar-refractivity contribution is 0.195. The van der Waals surface area contributed by atoms with Crippen LogP contribution in [0.1, 0.15) is 30.0 Å². The maximum Gasteiger partial charge on any atom is 0.326 e. The number of benzene rings is 2. The van der Waals surface area contributed by atoms with E-state index in [0.29, 0.717) is 11.4 Å². The lowest BCUT2D eigenvalue weighted by Gasteiger charge is -2.32. The van der Waals surface area contributed by atoms with Gasteiger partial charge in [-0.25, -0.2) is 13.2 Å². The minimum Gasteiger partial charge on any atom is -0.306 e. The second-order valence-corrected chi connectivity index (χ2v) is 10.1. The summed E-state index contributed by atoms with van der Waals surface area (Å²) >= 11 is 0. The number of aryl methyl sites for hydroxylation is 2. The summed E-state index contributed by atoms with van der Waals surface area (Å²) in [5.41, 5.74) is 3.49. The van der Waals surface area contributed by atoms with Crippen LogP contribution in [0.3, 0.4) is 0 Å². The van der Waals surface area contributed by atoms with E-state index >= 15 is 0 Å². The Morgan fingerprint density at radius 2 is 1.79 bits per heavy atom. The fourth-order valence-electron chi connectivity index (χ4n) is 4.24. The molecule has 0 atom stereocenters. The van der Waals surface area contributed by atoms with Crippen molar-refractivity contribution >= 4 is 20.9 Å². The van der Waals surface area contributed by atoms with E-state index in [1.165, 1.54) is 0 Å². The molecule has 154 valence electrons. The van der Waals surface area contributed by atoms with Crippen molar-refractivity contribution in [2.24, 2.45) is 0 Å². The van der Waals surface area contributed by atoms with Crippen molar-refractivity contribution in [3.8, 4) is 0 Å². The van der Waals surface area contributed by atoms with Gasteiger partial charge in [0.15, 0.2) is 9.84 Å². The largest absolute Gasteiger partial charge is 0.326 e. The Balaban J connectivity index is 1.41. The third-order valence-electron chi connectivity index (χ3n) is 5.90. The summed E-state index contributed by atoms with van der Waals surface area (Å²) in [7, 11) is -3.31. The fourth-order valence-corrected chi connectivity index (χ4v) is 5.88. The van der Waals surface area contributed by atoms with Crippen LogP contribution in [0.15, 0.2) is 52.2 Å². The highest BCUT2D eigenvalue weighted by molar-refractivity contribution is 7.91. The molecule has 1 aliphatic heterocycles. The van der Waals surface area contributed by atoms with Gasteiger partial charge in [-0.15, -0.1) is 0 Å². The first-order chi connectivity index (χ1) is 13.8. The molecule has 0 bridgehead atoms. The van der Waals surface area contributed by atoms with Crippen molar-refractivity contribution in [2.45, 2.75) is 37.6 Å². The molecule has 7 heteroatoms. The van der Waals surface area contributed by atoms with E-state index < -0.39 is 9.84 Å². The van der Waals surface area contributed by atoms with Crippen molar-refractivity contribution in [3.63, 3.8) is 0 Å². The van der Waals surface area contributed by atoms with Crippen LogP contribution in [0.2, 0.25) is 0 Å². The quantitative estimate of drug-likeness (QED) is 0.698. The molecule has 2 aromatic carbocycles. The van der Waals surface area contributed by atoms with Crippen LogP contribution in [0.25, 0.3) is 11.0 Å². The molecule has 1 saturated heterocycles. The summed E-state index contributed by atoms with van der Waals surface area (Å²) in [5, 5.41) is 0. The number of nitrogens with one attached hydrogen (secondary N) is 1. The number of aromatic amines is 1. The summed E-state index contributed by atoms with van der Waals surface area (Å²) in [6, 6.07) is 13.5. The normalized spacial score (nSPS) is 16.5. The second kappa shape index (κ2) is 7.80. The summed E-state index contributed by atoms with van der Waals surface area (Å²) in [6.07, 6.45) is 1.68. The first kappa shape index (κ1) is 19.9. The van der Waals surface area contributed by atoms with E-state index in [1.807, 2.05) is 54.8 Å². The second-order valence-electron chi connectivity index (χ2n) is 7.98. The molecule has 0 aliphatic carbocycles. The molecule has 0 spiro atoms. The van der Waals surface area contributed by atoms with Gasteiger partial charge in [0.05, 0.1) is 21.7 Å². The monoisotopic (exact) mass is 413 g/mol. The summed E-state index contributed by atoms with van der Waals surface area (Å²) in [5.74, 6) is 0.120. The Labute approximate surface area is 171 Å². The molecular formula is C22H27N3O3S. The zero-order valence-electron chi connectivity index (χ0n) is 16.9. The molecule has 0 saturated carbocycles. The zero-order valence-corrected chi connectivity index (χ0v) is 17.7. The Kier molecular flexibility index (Phi) is 5.36. The van der Waals surface area contributed by atoms with E-state index in [0.717, 1.165) is 48.1 Å². The van der Waals surface area contributed by atoms with Crippen LogP contribution in [-0.2, 0) is 9.84 Å². The molecule has 0 unspecified atom stereocenters. The van der Waals surface area contributed by atoms with Gasteiger partial charge in [0.25, 0.3) is 0 Å². The van der Waals surface area contributed by atoms with Gasteiger partial charge in [-0.1, -0.05) is 24.3 Å². The van der Waals surface area contributed by atoms with E-state index in [4.69, 9.17) is 0 Å². The van der Waals surface area contributed by atoms with E-state index in [1.54, 1.807) is 6.07 Å². The van der Waals surface area contributed by atoms with Crippen LogP contribution in [0.5, 0.6) is 0 Å². The summed E-state index contributed by atoms with van der Waals surface area (Å²) < 4.78 is 27.5. The predicted molar refractivity (Wildman–Crippen MR) is 115 cm³/mol. The van der Waals surface area contributed by atoms with E-state index in [9.17, 15) is 13.2 Å². The lowest BCUT2D eigenvalue weighted by atomic mass is 10.0. The van der Waals surface area contributed by atoms with E-state index in [2.05, 4.69) is 9.88 Å². The Morgan fingerprint density at radius 3 is 2.55 bits per heavy atom. The zero-order chi connectivity index (χ0) is 20.6. The van der Waals surface area contributed by atoms with Crippen LogP contribution < -0.4 is 5.69 Å². The number of nitrogens with zero attached hydrogens (tertiary/aromatic N) is 2. The van der Waals surface area contributed by atoms with Crippen molar-refractivity contribution in [1.82, 2.24) is 14.5 Å². The van der Waals surface area contributed by atoms with Crippen LogP contribution in [-0.4, -0.2) is 48.3 Å². The molecule has 1 N–H and O–H groups in total. The number of sulfone groups is 1. The number of piperidine rings is 1. The molecule has 0 radical (unpaired) electrons. The van der Waals surface area contributed by atoms with Gasteiger partial charge in [0.1, 0.15) is 0 Å². The van der Waals surface area contributed by atoms with E-state index in [-0.39, 0.29) is 17.5 Å². The maximum atomic E-state index is 12.8. The molecule has 0 amide bonds. The van der Waals surface area contributed by atoms with Crippen LogP contribution >= 0.6 is 0 Å². The number of imidazole rings is 1. The summed E-state index contributed by atoms with van der Waals surface area (Å²) in [6.45, 7) is 5.86. The highest BCUT2D eigenvalue weighted by Crippen LogP contribution is 2.25. The minimum atomic E-state index is -3.31. The molecule has 2 heterocycles. The smallest absolute Gasteiger partial charge is 0.306 e. The average molecular weight is 414 g/mol. The highest BCUT2D eigenvalue weighted by atomic mass is 32.2. The van der Waals surface area contributed by atoms with Crippen LogP contribution in [0.4, 0.5) is 0 Å². The lowest BCUT2D eigenvalue weighted by Crippen LogP contribution is -2.39. The number of H-pyrrole nitrogens is 1. The number of hydrogen-bond acceptors (Lipinski definition) is 4. The molecule has 1 fully saturated rings. The Morgan fingerprint density at radius 1 is 1.07 bits per heavy atom. The summed E-state index contributed by atoms with van der Waals surface area (Å²) in [4.78, 5) is 18.0. The number of rotatable bonds is 5. The van der Waals surface area contributed by atoms with Gasteiger partial charge in [-0.05, 0) is 56.0 Å². The van der Waals surface area contributed by atoms with Crippen molar-refractivity contribution in [2.75, 3.05) is 25.4 Å². The Hall–Kier alpha value is -2.38. The van der Waals surface area contributed by atoms with Crippen molar-refractivity contribution in [3.05, 3.63) is 64.1 Å². The van der Waals surface area contributed by atoms with Crippen LogP contribution in [0, 0.1) is 13.8 Å². The number of fused-ring (bicyclic) bond motifs is 1. The van der Waals surface area contributed by atoms with Crippen molar-refractivity contribution < 1.29 is 8.42 Å². The molecule has 4 rings (SSSR count). The molecule has 29 heavy (non-hydrogen) atoms. The topological polar surface area (TPSA) is 75.2 Å².